The molecule has 0 bridgehead atoms. The number of carboxylic acid groups (broad SMARTS) is 2. The molecule has 1 aliphatic rings. The van der Waals surface area contributed by atoms with Gasteiger partial charge in [-0.25, -0.2) is 5.26 Å². The fraction of sp³-hybridized carbons (Fsp3) is 0.750. The van der Waals surface area contributed by atoms with Crippen LogP contribution in [-0.4, -0.2) is 32.7 Å². The zero-order valence-corrected chi connectivity index (χ0v) is 9.05. The molecule has 92 valence electrons. The lowest BCUT2D eigenvalue weighted by Crippen LogP contribution is -2.36. The van der Waals surface area contributed by atoms with E-state index < -0.39 is 23.8 Å². The Morgan fingerprint density at radius 3 is 2.25 bits per heavy atom. The van der Waals surface area contributed by atoms with E-state index in [0.29, 0.717) is 6.42 Å². The van der Waals surface area contributed by atoms with E-state index in [1.165, 1.54) is 0 Å². The molecule has 0 aromatic heterocycles. The third-order valence-electron chi connectivity index (χ3n) is 2.64. The van der Waals surface area contributed by atoms with Crippen molar-refractivity contribution in [3.8, 4) is 0 Å². The van der Waals surface area contributed by atoms with Crippen molar-refractivity contribution < 1.29 is 34.4 Å². The first-order valence-corrected chi connectivity index (χ1v) is 5.46. The predicted octanol–water partition coefficient (Wildman–Crippen LogP) is 1.01. The summed E-state index contributed by atoms with van der Waals surface area (Å²) in [5.41, 5.74) is 0. The van der Waals surface area contributed by atoms with Gasteiger partial charge in [0.05, 0.1) is 11.8 Å². The van der Waals surface area contributed by atoms with E-state index in [4.69, 9.17) is 15.5 Å². The Labute approximate surface area is 95.4 Å². The molecule has 0 aromatic rings. The maximum Gasteiger partial charge on any atom is 0.307 e. The number of carbonyl (C=O) groups is 2. The summed E-state index contributed by atoms with van der Waals surface area (Å²) in [6.45, 7) is 0. The molecule has 1 aliphatic carbocycles. The van der Waals surface area contributed by atoms with Gasteiger partial charge < -0.3 is 10.2 Å². The van der Waals surface area contributed by atoms with E-state index in [9.17, 15) is 9.59 Å². The second-order valence-corrected chi connectivity index (χ2v) is 4.56. The second-order valence-electron chi connectivity index (χ2n) is 3.56. The molecule has 0 saturated heterocycles. The van der Waals surface area contributed by atoms with Crippen LogP contribution in [0.25, 0.3) is 0 Å². The van der Waals surface area contributed by atoms with E-state index in [2.05, 4.69) is 9.37 Å². The van der Waals surface area contributed by atoms with Crippen molar-refractivity contribution >= 4 is 24.0 Å². The van der Waals surface area contributed by atoms with Gasteiger partial charge in [0.25, 0.3) is 0 Å². The minimum absolute atomic E-state index is 0.181. The molecular formula is C8H12O7S. The normalized spacial score (nSPS) is 29.9. The first-order chi connectivity index (χ1) is 7.56. The number of hydrogen-bond acceptors (Lipinski definition) is 6. The van der Waals surface area contributed by atoms with Gasteiger partial charge in [-0.15, -0.1) is 4.33 Å². The highest BCUT2D eigenvalue weighted by atomic mass is 32.2. The molecule has 0 spiro atoms. The summed E-state index contributed by atoms with van der Waals surface area (Å²) in [7, 11) is 0. The number of aliphatic carboxylic acids is 2. The first kappa shape index (κ1) is 13.2. The van der Waals surface area contributed by atoms with Gasteiger partial charge >= 0.3 is 11.9 Å². The molecule has 0 amide bonds. The van der Waals surface area contributed by atoms with Crippen LogP contribution in [0.2, 0.25) is 0 Å². The van der Waals surface area contributed by atoms with Crippen LogP contribution in [0.3, 0.4) is 0 Å². The summed E-state index contributed by atoms with van der Waals surface area (Å²) in [5, 5.41) is 28.9. The molecule has 1 fully saturated rings. The van der Waals surface area contributed by atoms with Crippen LogP contribution in [0.15, 0.2) is 0 Å². The summed E-state index contributed by atoms with van der Waals surface area (Å²) in [6.07, 6.45) is 0.966. The molecule has 3 unspecified atom stereocenters. The molecule has 16 heavy (non-hydrogen) atoms. The molecule has 3 atom stereocenters. The van der Waals surface area contributed by atoms with Crippen molar-refractivity contribution in [1.82, 2.24) is 0 Å². The molecule has 0 aromatic carbocycles. The van der Waals surface area contributed by atoms with Gasteiger partial charge in [-0.2, -0.15) is 0 Å². The smallest absolute Gasteiger partial charge is 0.307 e. The number of hydrogen-bond donors (Lipinski definition) is 3. The SMILES string of the molecule is O=C(O)C1CCC(SOOO)CC1C(=O)O. The highest BCUT2D eigenvalue weighted by Gasteiger charge is 2.40. The fourth-order valence-electron chi connectivity index (χ4n) is 1.86. The molecule has 1 rings (SSSR count). The van der Waals surface area contributed by atoms with Gasteiger partial charge in [0.2, 0.25) is 0 Å². The van der Waals surface area contributed by atoms with E-state index >= 15 is 0 Å². The Bertz CT molecular complexity index is 269. The topological polar surface area (TPSA) is 113 Å². The zero-order chi connectivity index (χ0) is 12.1. The summed E-state index contributed by atoms with van der Waals surface area (Å²) >= 11 is 0.804. The lowest BCUT2D eigenvalue weighted by atomic mass is 9.79. The zero-order valence-electron chi connectivity index (χ0n) is 8.24. The Balaban J connectivity index is 2.58. The van der Waals surface area contributed by atoms with Crippen LogP contribution in [0, 0.1) is 11.8 Å². The van der Waals surface area contributed by atoms with Crippen molar-refractivity contribution in [3.05, 3.63) is 0 Å². The average Bonchev–Trinajstić information content (AvgIpc) is 2.25. The average molecular weight is 252 g/mol. The Morgan fingerprint density at radius 2 is 1.75 bits per heavy atom. The Hall–Kier alpha value is -0.830. The molecule has 1 saturated carbocycles. The highest BCUT2D eigenvalue weighted by molar-refractivity contribution is 7.95. The lowest BCUT2D eigenvalue weighted by Gasteiger charge is -2.29. The van der Waals surface area contributed by atoms with Crippen molar-refractivity contribution in [1.29, 1.82) is 0 Å². The van der Waals surface area contributed by atoms with E-state index in [1.807, 2.05) is 0 Å². The fourth-order valence-corrected chi connectivity index (χ4v) is 2.53. The van der Waals surface area contributed by atoms with Gasteiger partial charge in [0.15, 0.2) is 0 Å². The van der Waals surface area contributed by atoms with Gasteiger partial charge in [0.1, 0.15) is 0 Å². The summed E-state index contributed by atoms with van der Waals surface area (Å²) in [5.74, 6) is -3.99. The lowest BCUT2D eigenvalue weighted by molar-refractivity contribution is -0.432. The monoisotopic (exact) mass is 252 g/mol. The van der Waals surface area contributed by atoms with E-state index in [-0.39, 0.29) is 18.1 Å². The van der Waals surface area contributed by atoms with Gasteiger partial charge in [-0.05, 0) is 19.3 Å². The number of rotatable bonds is 5. The molecule has 0 radical (unpaired) electrons. The van der Waals surface area contributed by atoms with Crippen LogP contribution in [0.1, 0.15) is 19.3 Å². The largest absolute Gasteiger partial charge is 0.481 e. The van der Waals surface area contributed by atoms with Gasteiger partial charge in [0, 0.05) is 17.3 Å². The van der Waals surface area contributed by atoms with Crippen molar-refractivity contribution in [2.45, 2.75) is 24.5 Å². The van der Waals surface area contributed by atoms with Gasteiger partial charge in [-0.1, -0.05) is 5.04 Å². The second kappa shape index (κ2) is 6.04. The minimum Gasteiger partial charge on any atom is -0.481 e. The van der Waals surface area contributed by atoms with Crippen LogP contribution in [0.5, 0.6) is 0 Å². The van der Waals surface area contributed by atoms with Crippen LogP contribution >= 0.6 is 12.0 Å². The molecule has 0 aliphatic heterocycles. The summed E-state index contributed by atoms with van der Waals surface area (Å²) in [4.78, 5) is 21.7. The van der Waals surface area contributed by atoms with E-state index in [1.54, 1.807) is 0 Å². The molecule has 8 heteroatoms. The summed E-state index contributed by atoms with van der Waals surface area (Å²) < 4.78 is 4.23. The highest BCUT2D eigenvalue weighted by Crippen LogP contribution is 2.36. The van der Waals surface area contributed by atoms with Crippen LogP contribution in [0.4, 0.5) is 0 Å². The maximum atomic E-state index is 10.9. The molecule has 7 nitrogen and oxygen atoms in total. The minimum atomic E-state index is -1.12. The molecular weight excluding hydrogens is 240 g/mol. The third-order valence-corrected chi connectivity index (χ3v) is 3.48. The van der Waals surface area contributed by atoms with Crippen molar-refractivity contribution in [2.75, 3.05) is 0 Å². The number of carboxylic acids is 2. The van der Waals surface area contributed by atoms with Crippen LogP contribution < -0.4 is 0 Å². The molecule has 0 heterocycles. The van der Waals surface area contributed by atoms with Crippen molar-refractivity contribution in [2.24, 2.45) is 11.8 Å². The van der Waals surface area contributed by atoms with E-state index in [0.717, 1.165) is 12.0 Å². The quantitative estimate of drug-likeness (QED) is 0.377. The van der Waals surface area contributed by atoms with Crippen molar-refractivity contribution in [3.63, 3.8) is 0 Å². The first-order valence-electron chi connectivity index (χ1n) is 4.65. The Morgan fingerprint density at radius 1 is 1.12 bits per heavy atom. The van der Waals surface area contributed by atoms with Crippen LogP contribution in [-0.2, 0) is 19.0 Å². The molecule has 3 N–H and O–H groups in total. The van der Waals surface area contributed by atoms with Gasteiger partial charge in [-0.3, -0.25) is 9.59 Å². The Kier molecular flexibility index (Phi) is 5.00. The maximum absolute atomic E-state index is 10.9. The third kappa shape index (κ3) is 3.34. The standard InChI is InChI=1S/C8H12O7S/c9-7(10)5-2-1-4(16-15-14-13)3-6(5)8(11)12/h4-6,13H,1-3H2,(H,9,10)(H,11,12). The predicted molar refractivity (Wildman–Crippen MR) is 52.3 cm³/mol. The summed E-state index contributed by atoms with van der Waals surface area (Å²) in [6, 6.07) is 0.